The molecule has 0 amide bonds. The molecule has 0 aromatic carbocycles. The number of ether oxygens (including phenoxy) is 1. The Hall–Kier alpha value is -0.610. The summed E-state index contributed by atoms with van der Waals surface area (Å²) < 4.78 is 4.97. The fraction of sp³-hybridized carbons (Fsp3) is 0.933. The molecule has 0 aromatic rings. The molecule has 1 saturated heterocycles. The summed E-state index contributed by atoms with van der Waals surface area (Å²) in [5.41, 5.74) is 5.65. The van der Waals surface area contributed by atoms with Gasteiger partial charge in [0.15, 0.2) is 0 Å². The van der Waals surface area contributed by atoms with E-state index in [2.05, 4.69) is 11.8 Å². The maximum atomic E-state index is 12.1. The first kappa shape index (κ1) is 14.8. The van der Waals surface area contributed by atoms with Crippen LogP contribution in [-0.4, -0.2) is 42.6 Å². The highest BCUT2D eigenvalue weighted by Crippen LogP contribution is 2.40. The molecule has 2 fully saturated rings. The summed E-state index contributed by atoms with van der Waals surface area (Å²) in [6.45, 7) is 3.97. The minimum Gasteiger partial charge on any atom is -0.468 e. The molecule has 19 heavy (non-hydrogen) atoms. The van der Waals surface area contributed by atoms with Crippen LogP contribution in [-0.2, 0) is 9.53 Å². The van der Waals surface area contributed by atoms with Crippen LogP contribution in [0.4, 0.5) is 0 Å². The van der Waals surface area contributed by atoms with E-state index >= 15 is 0 Å². The van der Waals surface area contributed by atoms with Crippen LogP contribution < -0.4 is 5.73 Å². The Morgan fingerprint density at radius 2 is 2.05 bits per heavy atom. The molecular weight excluding hydrogens is 240 g/mol. The quantitative estimate of drug-likeness (QED) is 0.774. The number of hydrogen-bond donors (Lipinski definition) is 1. The van der Waals surface area contributed by atoms with Crippen LogP contribution in [0.1, 0.15) is 51.9 Å². The molecule has 1 aliphatic carbocycles. The zero-order valence-electron chi connectivity index (χ0n) is 12.4. The molecule has 2 atom stereocenters. The molecule has 110 valence electrons. The van der Waals surface area contributed by atoms with E-state index in [9.17, 15) is 4.79 Å². The average Bonchev–Trinajstić information content (AvgIpc) is 3.24. The highest BCUT2D eigenvalue weighted by Gasteiger charge is 2.50. The third kappa shape index (κ3) is 3.29. The van der Waals surface area contributed by atoms with Gasteiger partial charge in [-0.25, -0.2) is 0 Å². The Morgan fingerprint density at radius 3 is 2.63 bits per heavy atom. The Balaban J connectivity index is 2.08. The van der Waals surface area contributed by atoms with Gasteiger partial charge in [-0.15, -0.1) is 0 Å². The predicted molar refractivity (Wildman–Crippen MR) is 75.8 cm³/mol. The molecule has 0 spiro atoms. The number of nitrogens with two attached hydrogens (primary N) is 1. The normalized spacial score (nSPS) is 28.5. The number of methoxy groups -OCH3 is 1. The van der Waals surface area contributed by atoms with Crippen molar-refractivity contribution in [3.8, 4) is 0 Å². The number of nitrogens with zero attached hydrogens (tertiary/aromatic N) is 1. The standard InChI is InChI=1S/C15H28N2O2/c1-3-13-7-5-4-6-10-17(13)11-15(16,12-8-9-12)14(18)19-2/h12-13H,3-11,16H2,1-2H3. The number of rotatable bonds is 5. The van der Waals surface area contributed by atoms with Gasteiger partial charge in [0.2, 0.25) is 0 Å². The van der Waals surface area contributed by atoms with Crippen molar-refractivity contribution < 1.29 is 9.53 Å². The second-order valence-electron chi connectivity index (χ2n) is 6.19. The Labute approximate surface area is 116 Å². The summed E-state index contributed by atoms with van der Waals surface area (Å²) in [6, 6.07) is 0.578. The fourth-order valence-electron chi connectivity index (χ4n) is 3.39. The molecule has 2 aliphatic rings. The van der Waals surface area contributed by atoms with E-state index in [1.165, 1.54) is 32.8 Å². The lowest BCUT2D eigenvalue weighted by atomic mass is 9.92. The first-order valence-electron chi connectivity index (χ1n) is 7.73. The number of carbonyl (C=O) groups excluding carboxylic acids is 1. The molecule has 4 nitrogen and oxygen atoms in total. The monoisotopic (exact) mass is 268 g/mol. The van der Waals surface area contributed by atoms with Gasteiger partial charge in [0, 0.05) is 12.6 Å². The summed E-state index contributed by atoms with van der Waals surface area (Å²) >= 11 is 0. The summed E-state index contributed by atoms with van der Waals surface area (Å²) in [5, 5.41) is 0. The summed E-state index contributed by atoms with van der Waals surface area (Å²) in [4.78, 5) is 14.5. The average molecular weight is 268 g/mol. The minimum atomic E-state index is -0.785. The molecular formula is C15H28N2O2. The van der Waals surface area contributed by atoms with Crippen molar-refractivity contribution in [1.82, 2.24) is 4.90 Å². The second-order valence-corrected chi connectivity index (χ2v) is 6.19. The Bertz CT molecular complexity index is 317. The van der Waals surface area contributed by atoms with Crippen LogP contribution in [0, 0.1) is 5.92 Å². The van der Waals surface area contributed by atoms with Crippen LogP contribution in [0.2, 0.25) is 0 Å². The van der Waals surface area contributed by atoms with Crippen LogP contribution in [0.5, 0.6) is 0 Å². The smallest absolute Gasteiger partial charge is 0.327 e. The zero-order valence-corrected chi connectivity index (χ0v) is 12.4. The topological polar surface area (TPSA) is 55.6 Å². The van der Waals surface area contributed by atoms with Gasteiger partial charge in [0.05, 0.1) is 7.11 Å². The largest absolute Gasteiger partial charge is 0.468 e. The fourth-order valence-corrected chi connectivity index (χ4v) is 3.39. The molecule has 1 heterocycles. The Kier molecular flexibility index (Phi) is 4.85. The van der Waals surface area contributed by atoms with Gasteiger partial charge in [-0.1, -0.05) is 19.8 Å². The third-order valence-electron chi connectivity index (χ3n) is 4.81. The number of likely N-dealkylation sites (tertiary alicyclic amines) is 1. The highest BCUT2D eigenvalue weighted by molar-refractivity contribution is 5.81. The van der Waals surface area contributed by atoms with Crippen LogP contribution in [0.25, 0.3) is 0 Å². The second kappa shape index (κ2) is 6.23. The number of carbonyl (C=O) groups is 1. The van der Waals surface area contributed by atoms with Gasteiger partial charge in [-0.05, 0) is 44.6 Å². The molecule has 2 N–H and O–H groups in total. The lowest BCUT2D eigenvalue weighted by Gasteiger charge is -2.37. The van der Waals surface area contributed by atoms with E-state index < -0.39 is 5.54 Å². The van der Waals surface area contributed by atoms with Gasteiger partial charge >= 0.3 is 5.97 Å². The molecule has 2 unspecified atom stereocenters. The molecule has 0 bridgehead atoms. The lowest BCUT2D eigenvalue weighted by molar-refractivity contribution is -0.149. The van der Waals surface area contributed by atoms with Crippen LogP contribution in [0.15, 0.2) is 0 Å². The van der Waals surface area contributed by atoms with E-state index in [1.807, 2.05) is 0 Å². The van der Waals surface area contributed by atoms with Crippen molar-refractivity contribution in [3.05, 3.63) is 0 Å². The van der Waals surface area contributed by atoms with Crippen molar-refractivity contribution in [2.24, 2.45) is 11.7 Å². The van der Waals surface area contributed by atoms with Crippen molar-refractivity contribution in [2.45, 2.75) is 63.5 Å². The van der Waals surface area contributed by atoms with Crippen molar-refractivity contribution >= 4 is 5.97 Å². The van der Waals surface area contributed by atoms with E-state index in [1.54, 1.807) is 0 Å². The Morgan fingerprint density at radius 1 is 1.32 bits per heavy atom. The van der Waals surface area contributed by atoms with Gasteiger partial charge in [-0.2, -0.15) is 0 Å². The molecule has 1 aliphatic heterocycles. The summed E-state index contributed by atoms with van der Waals surface area (Å²) in [7, 11) is 1.45. The molecule has 4 heteroatoms. The van der Waals surface area contributed by atoms with Gasteiger partial charge in [0.1, 0.15) is 5.54 Å². The van der Waals surface area contributed by atoms with Crippen LogP contribution >= 0.6 is 0 Å². The lowest BCUT2D eigenvalue weighted by Crippen LogP contribution is -2.59. The summed E-state index contributed by atoms with van der Waals surface area (Å²) in [6.07, 6.45) is 8.33. The predicted octanol–water partition coefficient (Wildman–Crippen LogP) is 1.92. The van der Waals surface area contributed by atoms with Crippen molar-refractivity contribution in [3.63, 3.8) is 0 Å². The number of esters is 1. The highest BCUT2D eigenvalue weighted by atomic mass is 16.5. The van der Waals surface area contributed by atoms with Gasteiger partial charge in [-0.3, -0.25) is 9.69 Å². The maximum absolute atomic E-state index is 12.1. The molecule has 0 radical (unpaired) electrons. The zero-order chi connectivity index (χ0) is 13.9. The third-order valence-corrected chi connectivity index (χ3v) is 4.81. The summed E-state index contributed by atoms with van der Waals surface area (Å²) in [5.74, 6) is 0.0924. The van der Waals surface area contributed by atoms with Crippen molar-refractivity contribution in [2.75, 3.05) is 20.2 Å². The van der Waals surface area contributed by atoms with Crippen molar-refractivity contribution in [1.29, 1.82) is 0 Å². The van der Waals surface area contributed by atoms with E-state index in [0.29, 0.717) is 18.5 Å². The molecule has 2 rings (SSSR count). The first-order chi connectivity index (χ1) is 9.11. The SMILES string of the molecule is CCC1CCCCCN1CC(N)(C(=O)OC)C1CC1. The number of hydrogen-bond acceptors (Lipinski definition) is 4. The maximum Gasteiger partial charge on any atom is 0.327 e. The first-order valence-corrected chi connectivity index (χ1v) is 7.73. The van der Waals surface area contributed by atoms with Crippen LogP contribution in [0.3, 0.4) is 0 Å². The minimum absolute atomic E-state index is 0.228. The van der Waals surface area contributed by atoms with E-state index in [-0.39, 0.29) is 5.97 Å². The van der Waals surface area contributed by atoms with E-state index in [0.717, 1.165) is 25.8 Å². The van der Waals surface area contributed by atoms with E-state index in [4.69, 9.17) is 10.5 Å². The molecule has 0 aromatic heterocycles. The van der Waals surface area contributed by atoms with Gasteiger partial charge in [0.25, 0.3) is 0 Å². The van der Waals surface area contributed by atoms with Gasteiger partial charge < -0.3 is 10.5 Å². The molecule has 1 saturated carbocycles.